The first-order valence-corrected chi connectivity index (χ1v) is 11.8. The lowest BCUT2D eigenvalue weighted by Gasteiger charge is -2.21. The Labute approximate surface area is 205 Å². The Bertz CT molecular complexity index is 843. The Balaban J connectivity index is 2.02. The number of nitrogens with one attached hydrogen (secondary N) is 2. The van der Waals surface area contributed by atoms with E-state index in [1.54, 1.807) is 18.2 Å². The quantitative estimate of drug-likeness (QED) is 0.251. The van der Waals surface area contributed by atoms with Gasteiger partial charge in [-0.3, -0.25) is 14.4 Å². The van der Waals surface area contributed by atoms with Crippen LogP contribution in [0.4, 0.5) is 0 Å². The third-order valence-electron chi connectivity index (χ3n) is 5.18. The summed E-state index contributed by atoms with van der Waals surface area (Å²) < 4.78 is 15.6. The van der Waals surface area contributed by atoms with Crippen molar-refractivity contribution in [2.75, 3.05) is 33.0 Å². The van der Waals surface area contributed by atoms with Crippen LogP contribution in [0.2, 0.25) is 0 Å². The number of rotatable bonds is 10. The van der Waals surface area contributed by atoms with Gasteiger partial charge in [-0.05, 0) is 24.8 Å². The topological polar surface area (TPSA) is 140 Å². The first kappa shape index (κ1) is 28.0. The second-order valence-electron chi connectivity index (χ2n) is 8.02. The molecule has 35 heavy (non-hydrogen) atoms. The number of aliphatic hydroxyl groups is 1. The summed E-state index contributed by atoms with van der Waals surface area (Å²) in [6.45, 7) is 0.210. The SMILES string of the molecule is O=C(C[C@H]1CC=CCCCC(=O)OC[C@H](C(=O)OCc2ccccc2)NC1=O)NCCOCCO. The third-order valence-corrected chi connectivity index (χ3v) is 5.18. The average molecular weight is 491 g/mol. The molecule has 2 atom stereocenters. The molecule has 0 saturated carbocycles. The molecule has 0 spiro atoms. The maximum atomic E-state index is 13.0. The Morgan fingerprint density at radius 2 is 1.94 bits per heavy atom. The predicted molar refractivity (Wildman–Crippen MR) is 126 cm³/mol. The molecule has 10 heteroatoms. The van der Waals surface area contributed by atoms with Crippen LogP contribution in [-0.2, 0) is 40.0 Å². The summed E-state index contributed by atoms with van der Waals surface area (Å²) in [5.41, 5.74) is 0.775. The largest absolute Gasteiger partial charge is 0.463 e. The Kier molecular flexibility index (Phi) is 13.1. The number of esters is 2. The zero-order valence-corrected chi connectivity index (χ0v) is 19.8. The normalized spacial score (nSPS) is 19.3. The predicted octanol–water partition coefficient (Wildman–Crippen LogP) is 1.02. The molecule has 2 amide bonds. The Hall–Kier alpha value is -3.24. The van der Waals surface area contributed by atoms with Gasteiger partial charge in [-0.25, -0.2) is 4.79 Å². The molecule has 0 radical (unpaired) electrons. The maximum absolute atomic E-state index is 13.0. The minimum atomic E-state index is -1.20. The number of hydrogen-bond acceptors (Lipinski definition) is 8. The van der Waals surface area contributed by atoms with Gasteiger partial charge in [0.15, 0.2) is 6.04 Å². The van der Waals surface area contributed by atoms with Crippen LogP contribution in [-0.4, -0.2) is 67.9 Å². The maximum Gasteiger partial charge on any atom is 0.332 e. The van der Waals surface area contributed by atoms with E-state index in [1.807, 2.05) is 24.3 Å². The van der Waals surface area contributed by atoms with E-state index in [0.29, 0.717) is 19.3 Å². The molecule has 192 valence electrons. The number of cyclic esters (lactones) is 1. The fraction of sp³-hybridized carbons (Fsp3) is 0.520. The number of allylic oxidation sites excluding steroid dienone is 2. The van der Waals surface area contributed by atoms with Gasteiger partial charge >= 0.3 is 11.9 Å². The Morgan fingerprint density at radius 1 is 1.14 bits per heavy atom. The minimum absolute atomic E-state index is 0.00686. The number of ether oxygens (including phenoxy) is 3. The molecular weight excluding hydrogens is 456 g/mol. The van der Waals surface area contributed by atoms with Gasteiger partial charge in [-0.2, -0.15) is 0 Å². The summed E-state index contributed by atoms with van der Waals surface area (Å²) in [5, 5.41) is 14.0. The Morgan fingerprint density at radius 3 is 2.71 bits per heavy atom. The molecule has 0 bridgehead atoms. The summed E-state index contributed by atoms with van der Waals surface area (Å²) in [6, 6.07) is 7.87. The fourth-order valence-corrected chi connectivity index (χ4v) is 3.29. The molecule has 0 aromatic heterocycles. The van der Waals surface area contributed by atoms with Crippen molar-refractivity contribution in [3.63, 3.8) is 0 Å². The van der Waals surface area contributed by atoms with Gasteiger partial charge in [0.1, 0.15) is 13.2 Å². The standard InChI is InChI=1S/C25H34N2O8/c28-13-15-33-14-12-26-22(29)16-20-10-6-1-2-7-11-23(30)34-18-21(27-24(20)31)25(32)35-17-19-8-4-3-5-9-19/h1,3-6,8-9,20-21,28H,2,7,10-18H2,(H,26,29)(H,27,31)/t20-,21-/m1/s1. The van der Waals surface area contributed by atoms with Crippen molar-refractivity contribution in [1.82, 2.24) is 10.6 Å². The summed E-state index contributed by atoms with van der Waals surface area (Å²) in [5.74, 6) is -2.79. The number of amides is 2. The van der Waals surface area contributed by atoms with E-state index < -0.39 is 29.8 Å². The molecule has 1 aromatic rings. The van der Waals surface area contributed by atoms with E-state index in [2.05, 4.69) is 10.6 Å². The highest BCUT2D eigenvalue weighted by Gasteiger charge is 2.29. The molecule has 1 aliphatic rings. The second kappa shape index (κ2) is 16.4. The summed E-state index contributed by atoms with van der Waals surface area (Å²) >= 11 is 0. The van der Waals surface area contributed by atoms with Crippen molar-refractivity contribution in [3.05, 3.63) is 48.0 Å². The summed E-state index contributed by atoms with van der Waals surface area (Å²) in [6.07, 6.45) is 5.24. The summed E-state index contributed by atoms with van der Waals surface area (Å²) in [4.78, 5) is 50.1. The molecule has 2 rings (SSSR count). The van der Waals surface area contributed by atoms with Gasteiger partial charge in [0.2, 0.25) is 11.8 Å². The van der Waals surface area contributed by atoms with Gasteiger partial charge < -0.3 is 30.0 Å². The third kappa shape index (κ3) is 11.6. The van der Waals surface area contributed by atoms with E-state index in [4.69, 9.17) is 19.3 Å². The fourth-order valence-electron chi connectivity index (χ4n) is 3.29. The average Bonchev–Trinajstić information content (AvgIpc) is 2.87. The van der Waals surface area contributed by atoms with Crippen LogP contribution in [0.5, 0.6) is 0 Å². The molecular formula is C25H34N2O8. The molecule has 0 aliphatic carbocycles. The van der Waals surface area contributed by atoms with Crippen LogP contribution in [0.15, 0.2) is 42.5 Å². The summed E-state index contributed by atoms with van der Waals surface area (Å²) in [7, 11) is 0. The van der Waals surface area contributed by atoms with Crippen LogP contribution in [0.1, 0.15) is 37.7 Å². The van der Waals surface area contributed by atoms with Gasteiger partial charge in [-0.15, -0.1) is 0 Å². The van der Waals surface area contributed by atoms with Gasteiger partial charge in [0, 0.05) is 19.4 Å². The number of hydrogen-bond donors (Lipinski definition) is 3. The number of carbonyl (C=O) groups is 4. The van der Waals surface area contributed by atoms with Crippen molar-refractivity contribution in [3.8, 4) is 0 Å². The first-order valence-electron chi connectivity index (χ1n) is 11.8. The molecule has 0 unspecified atom stereocenters. The van der Waals surface area contributed by atoms with Crippen molar-refractivity contribution >= 4 is 23.8 Å². The van der Waals surface area contributed by atoms with Crippen LogP contribution in [0, 0.1) is 5.92 Å². The highest BCUT2D eigenvalue weighted by molar-refractivity contribution is 5.89. The molecule has 1 heterocycles. The van der Waals surface area contributed by atoms with Crippen molar-refractivity contribution in [2.24, 2.45) is 5.92 Å². The van der Waals surface area contributed by atoms with E-state index >= 15 is 0 Å². The van der Waals surface area contributed by atoms with E-state index in [0.717, 1.165) is 5.56 Å². The monoisotopic (exact) mass is 490 g/mol. The second-order valence-corrected chi connectivity index (χ2v) is 8.02. The van der Waals surface area contributed by atoms with Crippen LogP contribution in [0.3, 0.4) is 0 Å². The minimum Gasteiger partial charge on any atom is -0.463 e. The molecule has 10 nitrogen and oxygen atoms in total. The number of aliphatic hydroxyl groups excluding tert-OH is 1. The number of carbonyl (C=O) groups excluding carboxylic acids is 4. The zero-order chi connectivity index (χ0) is 25.3. The molecule has 1 aliphatic heterocycles. The molecule has 0 saturated heterocycles. The van der Waals surface area contributed by atoms with E-state index in [1.165, 1.54) is 0 Å². The van der Waals surface area contributed by atoms with Crippen LogP contribution in [0.25, 0.3) is 0 Å². The highest BCUT2D eigenvalue weighted by atomic mass is 16.6. The van der Waals surface area contributed by atoms with Gasteiger partial charge in [0.05, 0.1) is 25.7 Å². The molecule has 0 fully saturated rings. The van der Waals surface area contributed by atoms with Crippen molar-refractivity contribution in [1.29, 1.82) is 0 Å². The van der Waals surface area contributed by atoms with Gasteiger partial charge in [-0.1, -0.05) is 42.5 Å². The molecule has 1 aromatic carbocycles. The van der Waals surface area contributed by atoms with E-state index in [-0.39, 0.29) is 58.3 Å². The van der Waals surface area contributed by atoms with Crippen LogP contribution < -0.4 is 10.6 Å². The highest BCUT2D eigenvalue weighted by Crippen LogP contribution is 2.13. The first-order chi connectivity index (χ1) is 17.0. The smallest absolute Gasteiger partial charge is 0.332 e. The lowest BCUT2D eigenvalue weighted by atomic mass is 9.98. The van der Waals surface area contributed by atoms with Crippen LogP contribution >= 0.6 is 0 Å². The lowest BCUT2D eigenvalue weighted by molar-refractivity contribution is -0.155. The van der Waals surface area contributed by atoms with E-state index in [9.17, 15) is 19.2 Å². The van der Waals surface area contributed by atoms with Gasteiger partial charge in [0.25, 0.3) is 0 Å². The lowest BCUT2D eigenvalue weighted by Crippen LogP contribution is -2.48. The van der Waals surface area contributed by atoms with Crippen molar-refractivity contribution in [2.45, 2.75) is 44.8 Å². The van der Waals surface area contributed by atoms with Crippen molar-refractivity contribution < 1.29 is 38.5 Å². The molecule has 3 N–H and O–H groups in total. The zero-order valence-electron chi connectivity index (χ0n) is 19.8. The number of benzene rings is 1.